The van der Waals surface area contributed by atoms with E-state index in [2.05, 4.69) is 108 Å². The van der Waals surface area contributed by atoms with Gasteiger partial charge in [-0.2, -0.15) is 0 Å². The molecule has 3 nitrogen and oxygen atoms in total. The van der Waals surface area contributed by atoms with Gasteiger partial charge < -0.3 is 9.84 Å². The zero-order chi connectivity index (χ0) is 27.4. The lowest BCUT2D eigenvalue weighted by Crippen LogP contribution is -2.30. The third-order valence-corrected chi connectivity index (χ3v) is 7.11. The molecular weight excluding hydrogens is 490 g/mol. The highest BCUT2D eigenvalue weighted by Gasteiger charge is 2.17. The maximum absolute atomic E-state index is 11.6. The van der Waals surface area contributed by atoms with Gasteiger partial charge >= 0.3 is 0 Å². The molecule has 0 fully saturated rings. The second-order valence-corrected chi connectivity index (χ2v) is 10.3. The fraction of sp³-hybridized carbons (Fsp3) is 0.189. The second kappa shape index (κ2) is 14.3. The maximum atomic E-state index is 11.6. The monoisotopic (exact) mass is 527 g/mol. The summed E-state index contributed by atoms with van der Waals surface area (Å²) in [5, 5.41) is 11.6. The average molecular weight is 528 g/mol. The van der Waals surface area contributed by atoms with Crippen molar-refractivity contribution in [3.05, 3.63) is 173 Å². The van der Waals surface area contributed by atoms with Gasteiger partial charge in [-0.15, -0.1) is 0 Å². The first-order valence-corrected chi connectivity index (χ1v) is 14.0. The van der Waals surface area contributed by atoms with Gasteiger partial charge in [-0.1, -0.05) is 127 Å². The lowest BCUT2D eigenvalue weighted by Gasteiger charge is -2.26. The van der Waals surface area contributed by atoms with E-state index in [-0.39, 0.29) is 0 Å². The van der Waals surface area contributed by atoms with Crippen LogP contribution >= 0.6 is 0 Å². The van der Waals surface area contributed by atoms with Crippen molar-refractivity contribution >= 4 is 0 Å². The standard InChI is InChI=1S/C37H37NO2/c39-37(28-38(27-32-17-9-3-10-18-32)22-21-30-13-5-1-6-14-30)35-24-34(23-31-15-7-2-8-16-31)25-36(26-35)40-29-33-19-11-4-12-20-33/h1-20,24-26,37,39H,21-23,27-29H2. The van der Waals surface area contributed by atoms with Crippen molar-refractivity contribution in [1.82, 2.24) is 4.90 Å². The number of rotatable bonds is 13. The quantitative estimate of drug-likeness (QED) is 0.171. The molecule has 1 unspecified atom stereocenters. The average Bonchev–Trinajstić information content (AvgIpc) is 3.01. The third-order valence-electron chi connectivity index (χ3n) is 7.11. The van der Waals surface area contributed by atoms with Crippen LogP contribution in [0.15, 0.2) is 140 Å². The number of nitrogens with zero attached hydrogens (tertiary/aromatic N) is 1. The molecule has 0 aliphatic rings. The Labute approximate surface area is 238 Å². The summed E-state index contributed by atoms with van der Waals surface area (Å²) in [5.74, 6) is 0.783. The molecule has 0 aliphatic heterocycles. The molecule has 1 N–H and O–H groups in total. The largest absolute Gasteiger partial charge is 0.489 e. The lowest BCUT2D eigenvalue weighted by molar-refractivity contribution is 0.109. The summed E-state index contributed by atoms with van der Waals surface area (Å²) in [6.45, 7) is 2.67. The topological polar surface area (TPSA) is 32.7 Å². The predicted molar refractivity (Wildman–Crippen MR) is 163 cm³/mol. The third kappa shape index (κ3) is 8.41. The van der Waals surface area contributed by atoms with Crippen LogP contribution in [0.4, 0.5) is 0 Å². The second-order valence-electron chi connectivity index (χ2n) is 10.3. The molecule has 0 spiro atoms. The van der Waals surface area contributed by atoms with Crippen LogP contribution in [0.25, 0.3) is 0 Å². The lowest BCUT2D eigenvalue weighted by atomic mass is 9.99. The Morgan fingerprint density at radius 2 is 1.12 bits per heavy atom. The summed E-state index contributed by atoms with van der Waals surface area (Å²) in [4.78, 5) is 2.35. The van der Waals surface area contributed by atoms with Crippen LogP contribution < -0.4 is 4.74 Å². The van der Waals surface area contributed by atoms with Crippen LogP contribution in [-0.4, -0.2) is 23.1 Å². The van der Waals surface area contributed by atoms with Gasteiger partial charge in [0.2, 0.25) is 0 Å². The molecule has 5 rings (SSSR count). The van der Waals surface area contributed by atoms with Crippen molar-refractivity contribution < 1.29 is 9.84 Å². The zero-order valence-corrected chi connectivity index (χ0v) is 22.9. The molecule has 5 aromatic rings. The Bertz CT molecular complexity index is 1420. The maximum Gasteiger partial charge on any atom is 0.120 e. The number of aliphatic hydroxyl groups is 1. The first kappa shape index (κ1) is 27.4. The number of benzene rings is 5. The number of hydrogen-bond acceptors (Lipinski definition) is 3. The molecule has 0 aromatic heterocycles. The van der Waals surface area contributed by atoms with Crippen LogP contribution in [0.2, 0.25) is 0 Å². The van der Waals surface area contributed by atoms with Gasteiger partial charge in [-0.25, -0.2) is 0 Å². The fourth-order valence-corrected chi connectivity index (χ4v) is 4.99. The van der Waals surface area contributed by atoms with E-state index in [4.69, 9.17) is 4.74 Å². The van der Waals surface area contributed by atoms with Crippen LogP contribution in [0.5, 0.6) is 5.75 Å². The van der Waals surface area contributed by atoms with Crippen LogP contribution in [0.3, 0.4) is 0 Å². The SMILES string of the molecule is OC(CN(CCc1ccccc1)Cc1ccccc1)c1cc(Cc2ccccc2)cc(OCc2ccccc2)c1. The van der Waals surface area contributed by atoms with Gasteiger partial charge in [0.1, 0.15) is 12.4 Å². The van der Waals surface area contributed by atoms with Gasteiger partial charge in [0, 0.05) is 19.6 Å². The van der Waals surface area contributed by atoms with Crippen molar-refractivity contribution in [1.29, 1.82) is 0 Å². The van der Waals surface area contributed by atoms with Crippen LogP contribution in [0, 0.1) is 0 Å². The molecule has 1 atom stereocenters. The molecule has 5 aromatic carbocycles. The first-order chi connectivity index (χ1) is 19.7. The predicted octanol–water partition coefficient (Wildman–Crippen LogP) is 7.63. The highest BCUT2D eigenvalue weighted by atomic mass is 16.5. The van der Waals surface area contributed by atoms with Gasteiger partial charge in [0.05, 0.1) is 6.10 Å². The zero-order valence-electron chi connectivity index (χ0n) is 22.9. The Balaban J connectivity index is 1.36. The van der Waals surface area contributed by atoms with Crippen molar-refractivity contribution in [2.45, 2.75) is 32.1 Å². The molecule has 40 heavy (non-hydrogen) atoms. The van der Waals surface area contributed by atoms with Crippen molar-refractivity contribution in [3.8, 4) is 5.75 Å². The van der Waals surface area contributed by atoms with Gasteiger partial charge in [-0.05, 0) is 58.4 Å². The molecule has 0 saturated heterocycles. The molecule has 0 radical (unpaired) electrons. The summed E-state index contributed by atoms with van der Waals surface area (Å²) in [6.07, 6.45) is 1.07. The molecule has 202 valence electrons. The van der Waals surface area contributed by atoms with E-state index in [0.29, 0.717) is 13.2 Å². The molecule has 0 amide bonds. The minimum atomic E-state index is -0.644. The summed E-state index contributed by atoms with van der Waals surface area (Å²) >= 11 is 0. The van der Waals surface area contributed by atoms with E-state index >= 15 is 0 Å². The Hall–Kier alpha value is -4.18. The Morgan fingerprint density at radius 3 is 1.75 bits per heavy atom. The van der Waals surface area contributed by atoms with E-state index in [9.17, 15) is 5.11 Å². The van der Waals surface area contributed by atoms with Gasteiger partial charge in [0.25, 0.3) is 0 Å². The first-order valence-electron chi connectivity index (χ1n) is 14.0. The molecule has 3 heteroatoms. The summed E-state index contributed by atoms with van der Waals surface area (Å²) < 4.78 is 6.24. The Morgan fingerprint density at radius 1 is 0.575 bits per heavy atom. The smallest absolute Gasteiger partial charge is 0.120 e. The number of aliphatic hydroxyl groups excluding tert-OH is 1. The van der Waals surface area contributed by atoms with Gasteiger partial charge in [0.15, 0.2) is 0 Å². The van der Waals surface area contributed by atoms with E-state index in [1.807, 2.05) is 36.4 Å². The van der Waals surface area contributed by atoms with E-state index in [0.717, 1.165) is 48.4 Å². The van der Waals surface area contributed by atoms with Crippen LogP contribution in [-0.2, 0) is 26.0 Å². The minimum absolute atomic E-state index is 0.488. The summed E-state index contributed by atoms with van der Waals surface area (Å²) in [5.41, 5.74) is 6.91. The Kier molecular flexibility index (Phi) is 9.77. The molecule has 0 bridgehead atoms. The molecule has 0 aliphatic carbocycles. The highest BCUT2D eigenvalue weighted by molar-refractivity contribution is 5.38. The normalized spacial score (nSPS) is 11.8. The molecular formula is C37H37NO2. The number of hydrogen-bond donors (Lipinski definition) is 1. The number of ether oxygens (including phenoxy) is 1. The molecule has 0 heterocycles. The summed E-state index contributed by atoms with van der Waals surface area (Å²) in [6, 6.07) is 47.9. The highest BCUT2D eigenvalue weighted by Crippen LogP contribution is 2.26. The van der Waals surface area contributed by atoms with Crippen molar-refractivity contribution in [2.75, 3.05) is 13.1 Å². The fourth-order valence-electron chi connectivity index (χ4n) is 4.99. The van der Waals surface area contributed by atoms with E-state index in [1.165, 1.54) is 16.7 Å². The van der Waals surface area contributed by atoms with Crippen molar-refractivity contribution in [2.24, 2.45) is 0 Å². The van der Waals surface area contributed by atoms with Crippen LogP contribution in [0.1, 0.15) is 39.5 Å². The van der Waals surface area contributed by atoms with Gasteiger partial charge in [-0.3, -0.25) is 4.90 Å². The minimum Gasteiger partial charge on any atom is -0.489 e. The van der Waals surface area contributed by atoms with E-state index in [1.54, 1.807) is 0 Å². The van der Waals surface area contributed by atoms with E-state index < -0.39 is 6.10 Å². The van der Waals surface area contributed by atoms with Crippen molar-refractivity contribution in [3.63, 3.8) is 0 Å². The molecule has 0 saturated carbocycles. The summed E-state index contributed by atoms with van der Waals surface area (Å²) in [7, 11) is 0.